The van der Waals surface area contributed by atoms with E-state index in [4.69, 9.17) is 0 Å². The van der Waals surface area contributed by atoms with Crippen molar-refractivity contribution in [2.24, 2.45) is 5.29 Å². The highest BCUT2D eigenvalue weighted by molar-refractivity contribution is 5.20. The van der Waals surface area contributed by atoms with Crippen molar-refractivity contribution in [3.8, 4) is 0 Å². The molecule has 4 heteroatoms. The summed E-state index contributed by atoms with van der Waals surface area (Å²) in [5, 5.41) is 4.42. The van der Waals surface area contributed by atoms with Crippen LogP contribution < -0.4 is 0 Å². The highest BCUT2D eigenvalue weighted by atomic mass is 19.1. The fourth-order valence-electron chi connectivity index (χ4n) is 1.90. The first-order valence-corrected chi connectivity index (χ1v) is 4.66. The summed E-state index contributed by atoms with van der Waals surface area (Å²) >= 11 is 0. The van der Waals surface area contributed by atoms with E-state index in [-0.39, 0.29) is 11.9 Å². The van der Waals surface area contributed by atoms with Crippen LogP contribution in [-0.2, 0) is 0 Å². The normalized spacial score (nSPS) is 21.2. The predicted molar refractivity (Wildman–Crippen MR) is 50.9 cm³/mol. The summed E-state index contributed by atoms with van der Waals surface area (Å²) < 4.78 is 12.9. The van der Waals surface area contributed by atoms with E-state index < -0.39 is 0 Å². The zero-order chi connectivity index (χ0) is 9.97. The van der Waals surface area contributed by atoms with Crippen molar-refractivity contribution in [2.75, 3.05) is 6.54 Å². The Morgan fingerprint density at radius 1 is 1.50 bits per heavy atom. The van der Waals surface area contributed by atoms with Gasteiger partial charge in [-0.2, -0.15) is 0 Å². The van der Waals surface area contributed by atoms with Crippen LogP contribution >= 0.6 is 0 Å². The summed E-state index contributed by atoms with van der Waals surface area (Å²) in [6.45, 7) is 0.671. The first kappa shape index (κ1) is 9.12. The van der Waals surface area contributed by atoms with Crippen LogP contribution in [0.2, 0.25) is 0 Å². The van der Waals surface area contributed by atoms with E-state index in [0.29, 0.717) is 6.54 Å². The molecule has 0 spiro atoms. The molecule has 1 aliphatic heterocycles. The van der Waals surface area contributed by atoms with Crippen LogP contribution in [0.15, 0.2) is 29.6 Å². The largest absolute Gasteiger partial charge is 0.253 e. The average molecular weight is 194 g/mol. The van der Waals surface area contributed by atoms with Gasteiger partial charge in [0.25, 0.3) is 0 Å². The van der Waals surface area contributed by atoms with E-state index in [9.17, 15) is 9.30 Å². The van der Waals surface area contributed by atoms with Crippen LogP contribution in [0.3, 0.4) is 0 Å². The molecule has 1 aliphatic rings. The van der Waals surface area contributed by atoms with Gasteiger partial charge in [0, 0.05) is 6.54 Å². The third-order valence-corrected chi connectivity index (χ3v) is 2.56. The van der Waals surface area contributed by atoms with Gasteiger partial charge >= 0.3 is 0 Å². The number of hydrogen-bond donors (Lipinski definition) is 0. The molecule has 0 amide bonds. The lowest BCUT2D eigenvalue weighted by atomic mass is 10.1. The molecule has 0 radical (unpaired) electrons. The summed E-state index contributed by atoms with van der Waals surface area (Å²) in [6, 6.07) is 6.32. The van der Waals surface area contributed by atoms with Crippen molar-refractivity contribution in [3.63, 3.8) is 0 Å². The Morgan fingerprint density at radius 2 is 2.36 bits per heavy atom. The molecule has 0 aromatic heterocycles. The topological polar surface area (TPSA) is 32.7 Å². The molecule has 0 aliphatic carbocycles. The van der Waals surface area contributed by atoms with Crippen molar-refractivity contribution in [1.29, 1.82) is 0 Å². The molecule has 3 nitrogen and oxygen atoms in total. The second-order valence-electron chi connectivity index (χ2n) is 3.46. The number of benzene rings is 1. The minimum atomic E-state index is -0.264. The maximum atomic E-state index is 12.9. The van der Waals surface area contributed by atoms with E-state index in [1.54, 1.807) is 6.07 Å². The van der Waals surface area contributed by atoms with Gasteiger partial charge in [-0.05, 0) is 30.5 Å². The molecule has 1 aromatic rings. The maximum absolute atomic E-state index is 12.9. The Labute approximate surface area is 81.5 Å². The molecular formula is C10H11FN2O. The van der Waals surface area contributed by atoms with Gasteiger partial charge in [-0.15, -0.1) is 4.91 Å². The highest BCUT2D eigenvalue weighted by Crippen LogP contribution is 2.31. The zero-order valence-electron chi connectivity index (χ0n) is 7.69. The average Bonchev–Trinajstić information content (AvgIpc) is 2.65. The van der Waals surface area contributed by atoms with Crippen LogP contribution in [0.5, 0.6) is 0 Å². The monoisotopic (exact) mass is 194 g/mol. The third-order valence-electron chi connectivity index (χ3n) is 2.56. The van der Waals surface area contributed by atoms with Crippen molar-refractivity contribution in [2.45, 2.75) is 18.9 Å². The standard InChI is InChI=1S/C10H11FN2O/c11-9-4-1-3-8(7-9)10-5-2-6-13(10)12-14/h1,3-4,7,10H,2,5-6H2/t10-/m0/s1. The van der Waals surface area contributed by atoms with Gasteiger partial charge in [0.2, 0.25) is 0 Å². The van der Waals surface area contributed by atoms with Gasteiger partial charge in [0.15, 0.2) is 0 Å². The number of rotatable bonds is 2. The minimum Gasteiger partial charge on any atom is -0.253 e. The van der Waals surface area contributed by atoms with Crippen molar-refractivity contribution >= 4 is 0 Å². The Hall–Kier alpha value is -1.45. The summed E-state index contributed by atoms with van der Waals surface area (Å²) in [5.74, 6) is -0.264. The lowest BCUT2D eigenvalue weighted by Gasteiger charge is -2.17. The van der Waals surface area contributed by atoms with Crippen molar-refractivity contribution < 1.29 is 4.39 Å². The summed E-state index contributed by atoms with van der Waals surface area (Å²) in [7, 11) is 0. The van der Waals surface area contributed by atoms with Crippen LogP contribution in [0.25, 0.3) is 0 Å². The second-order valence-corrected chi connectivity index (χ2v) is 3.46. The fourth-order valence-corrected chi connectivity index (χ4v) is 1.90. The molecule has 0 unspecified atom stereocenters. The van der Waals surface area contributed by atoms with Gasteiger partial charge in [-0.1, -0.05) is 12.1 Å². The lowest BCUT2D eigenvalue weighted by molar-refractivity contribution is 0.266. The van der Waals surface area contributed by atoms with E-state index in [0.717, 1.165) is 18.4 Å². The van der Waals surface area contributed by atoms with Crippen LogP contribution in [0.1, 0.15) is 24.4 Å². The first-order chi connectivity index (χ1) is 6.81. The molecule has 1 heterocycles. The second kappa shape index (κ2) is 3.74. The molecule has 14 heavy (non-hydrogen) atoms. The Balaban J connectivity index is 2.25. The third kappa shape index (κ3) is 1.60. The van der Waals surface area contributed by atoms with Crippen LogP contribution in [0.4, 0.5) is 4.39 Å². The van der Waals surface area contributed by atoms with E-state index in [1.807, 2.05) is 6.07 Å². The van der Waals surface area contributed by atoms with Crippen LogP contribution in [0, 0.1) is 10.7 Å². The smallest absolute Gasteiger partial charge is 0.123 e. The predicted octanol–water partition coefficient (Wildman–Crippen LogP) is 2.64. The molecule has 74 valence electrons. The van der Waals surface area contributed by atoms with E-state index >= 15 is 0 Å². The zero-order valence-corrected chi connectivity index (χ0v) is 7.69. The molecule has 0 bridgehead atoms. The fraction of sp³-hybridized carbons (Fsp3) is 0.400. The first-order valence-electron chi connectivity index (χ1n) is 4.66. The van der Waals surface area contributed by atoms with Crippen molar-refractivity contribution in [1.82, 2.24) is 5.01 Å². The summed E-state index contributed by atoms with van der Waals surface area (Å²) in [5.41, 5.74) is 0.835. The molecule has 1 atom stereocenters. The number of nitrogens with zero attached hydrogens (tertiary/aromatic N) is 2. The molecule has 0 saturated carbocycles. The molecule has 1 saturated heterocycles. The SMILES string of the molecule is O=NN1CCC[C@H]1c1cccc(F)c1. The van der Waals surface area contributed by atoms with Crippen molar-refractivity contribution in [3.05, 3.63) is 40.6 Å². The Morgan fingerprint density at radius 3 is 3.07 bits per heavy atom. The molecule has 1 fully saturated rings. The lowest BCUT2D eigenvalue weighted by Crippen LogP contribution is -2.15. The number of hydrogen-bond acceptors (Lipinski definition) is 2. The summed E-state index contributed by atoms with van der Waals surface area (Å²) in [6.07, 6.45) is 1.81. The van der Waals surface area contributed by atoms with E-state index in [1.165, 1.54) is 17.1 Å². The van der Waals surface area contributed by atoms with Gasteiger partial charge in [0.05, 0.1) is 11.3 Å². The Bertz CT molecular complexity index is 343. The molecule has 0 N–H and O–H groups in total. The van der Waals surface area contributed by atoms with Gasteiger partial charge in [-0.25, -0.2) is 4.39 Å². The van der Waals surface area contributed by atoms with Gasteiger partial charge in [-0.3, -0.25) is 5.01 Å². The maximum Gasteiger partial charge on any atom is 0.123 e. The molecular weight excluding hydrogens is 183 g/mol. The van der Waals surface area contributed by atoms with Crippen LogP contribution in [-0.4, -0.2) is 11.6 Å². The number of halogens is 1. The summed E-state index contributed by atoms with van der Waals surface area (Å²) in [4.78, 5) is 10.5. The Kier molecular flexibility index (Phi) is 2.43. The van der Waals surface area contributed by atoms with Gasteiger partial charge < -0.3 is 0 Å². The quantitative estimate of drug-likeness (QED) is 0.678. The molecule has 2 rings (SSSR count). The van der Waals surface area contributed by atoms with Gasteiger partial charge in [0.1, 0.15) is 5.82 Å². The number of nitroso groups, excluding NO2 is 1. The van der Waals surface area contributed by atoms with E-state index in [2.05, 4.69) is 5.29 Å². The highest BCUT2D eigenvalue weighted by Gasteiger charge is 2.25. The molecule has 1 aromatic carbocycles. The minimum absolute atomic E-state index is 0.0387.